The Bertz CT molecular complexity index is 1000. The number of aryl methyl sites for hydroxylation is 1. The molecule has 0 aliphatic rings. The molecule has 0 saturated carbocycles. The first-order chi connectivity index (χ1) is 10.7. The van der Waals surface area contributed by atoms with Crippen LogP contribution in [-0.4, -0.2) is 0 Å². The molecule has 0 saturated heterocycles. The van der Waals surface area contributed by atoms with Crippen LogP contribution in [0.1, 0.15) is 5.56 Å². The number of hydrogen-bond donors (Lipinski definition) is 0. The molecular weight excluding hydrogens is 273 g/mol. The van der Waals surface area contributed by atoms with E-state index in [-0.39, 0.29) is 5.82 Å². The zero-order valence-electron chi connectivity index (χ0n) is 12.2. The molecule has 0 spiro atoms. The van der Waals surface area contributed by atoms with Crippen LogP contribution in [0.25, 0.3) is 32.8 Å². The molecule has 4 rings (SSSR count). The zero-order chi connectivity index (χ0) is 15.1. The van der Waals surface area contributed by atoms with E-state index >= 15 is 0 Å². The van der Waals surface area contributed by atoms with Crippen molar-refractivity contribution in [3.63, 3.8) is 0 Å². The van der Waals surface area contributed by atoms with Crippen molar-refractivity contribution in [1.29, 1.82) is 0 Å². The highest BCUT2D eigenvalue weighted by Crippen LogP contribution is 2.30. The highest BCUT2D eigenvalue weighted by molar-refractivity contribution is 6.10. The summed E-state index contributed by atoms with van der Waals surface area (Å²) in [7, 11) is 0. The quantitative estimate of drug-likeness (QED) is 0.441. The normalized spacial score (nSPS) is 11.2. The predicted octanol–water partition coefficient (Wildman–Crippen LogP) is 4.92. The van der Waals surface area contributed by atoms with Crippen LogP contribution in [-0.2, 0) is 0 Å². The largest absolute Gasteiger partial charge is 0.218 e. The molecule has 4 aromatic rings. The fraction of sp³-hybridized carbons (Fsp3) is 0.0500. The Kier molecular flexibility index (Phi) is 2.90. The van der Waals surface area contributed by atoms with Crippen LogP contribution >= 0.6 is 0 Å². The molecular formula is C20H15FN+. The van der Waals surface area contributed by atoms with Gasteiger partial charge in [0.1, 0.15) is 5.82 Å². The van der Waals surface area contributed by atoms with E-state index < -0.39 is 0 Å². The van der Waals surface area contributed by atoms with Crippen molar-refractivity contribution in [2.75, 3.05) is 0 Å². The Morgan fingerprint density at radius 2 is 1.68 bits per heavy atom. The van der Waals surface area contributed by atoms with Crippen LogP contribution < -0.4 is 4.98 Å². The molecule has 0 atom stereocenters. The minimum atomic E-state index is -0.204. The molecule has 0 aliphatic heterocycles. The number of pyridine rings is 1. The van der Waals surface area contributed by atoms with Crippen molar-refractivity contribution in [3.8, 4) is 11.3 Å². The molecule has 106 valence electrons. The predicted molar refractivity (Wildman–Crippen MR) is 88.1 cm³/mol. The number of aromatic amines is 1. The first-order valence-corrected chi connectivity index (χ1v) is 7.32. The van der Waals surface area contributed by atoms with Gasteiger partial charge in [-0.1, -0.05) is 29.8 Å². The molecule has 0 unspecified atom stereocenters. The summed E-state index contributed by atoms with van der Waals surface area (Å²) in [6.45, 7) is 2.08. The highest BCUT2D eigenvalue weighted by atomic mass is 19.1. The standard InChI is InChI=1S/C20H14FN/c1-13-3-2-4-15(11-13)20-18-8-6-14-5-7-16(21)12-19(14)17(18)9-10-22-20/h2-12H,1H3/p+1. The lowest BCUT2D eigenvalue weighted by Gasteiger charge is -2.06. The summed E-state index contributed by atoms with van der Waals surface area (Å²) in [4.78, 5) is 3.34. The van der Waals surface area contributed by atoms with E-state index in [2.05, 4.69) is 42.2 Å². The van der Waals surface area contributed by atoms with E-state index in [9.17, 15) is 4.39 Å². The summed E-state index contributed by atoms with van der Waals surface area (Å²) >= 11 is 0. The molecule has 0 bridgehead atoms. The van der Waals surface area contributed by atoms with Crippen LogP contribution in [0, 0.1) is 12.7 Å². The number of fused-ring (bicyclic) bond motifs is 3. The van der Waals surface area contributed by atoms with Crippen molar-refractivity contribution >= 4 is 21.5 Å². The lowest BCUT2D eigenvalue weighted by molar-refractivity contribution is -0.362. The van der Waals surface area contributed by atoms with Crippen molar-refractivity contribution in [2.24, 2.45) is 0 Å². The molecule has 3 aromatic carbocycles. The number of H-pyrrole nitrogens is 1. The smallest absolute Gasteiger partial charge is 0.211 e. The first kappa shape index (κ1) is 13.0. The minimum Gasteiger partial charge on any atom is -0.211 e. The van der Waals surface area contributed by atoms with E-state index in [0.29, 0.717) is 0 Å². The monoisotopic (exact) mass is 288 g/mol. The van der Waals surface area contributed by atoms with Crippen molar-refractivity contribution in [3.05, 3.63) is 78.2 Å². The van der Waals surface area contributed by atoms with Gasteiger partial charge in [0.2, 0.25) is 5.69 Å². The SMILES string of the molecule is Cc1cccc(-c2[nH+]ccc3c2ccc2ccc(F)cc23)c1. The summed E-state index contributed by atoms with van der Waals surface area (Å²) in [5.74, 6) is -0.204. The first-order valence-electron chi connectivity index (χ1n) is 7.32. The molecule has 22 heavy (non-hydrogen) atoms. The van der Waals surface area contributed by atoms with E-state index in [4.69, 9.17) is 0 Å². The van der Waals surface area contributed by atoms with E-state index in [1.54, 1.807) is 6.07 Å². The Balaban J connectivity index is 2.09. The van der Waals surface area contributed by atoms with Gasteiger partial charge in [-0.25, -0.2) is 9.37 Å². The van der Waals surface area contributed by atoms with E-state index in [0.717, 1.165) is 32.8 Å². The van der Waals surface area contributed by atoms with Gasteiger partial charge in [-0.05, 0) is 48.0 Å². The lowest BCUT2D eigenvalue weighted by atomic mass is 9.98. The molecule has 0 radical (unpaired) electrons. The topological polar surface area (TPSA) is 14.1 Å². The number of aromatic nitrogens is 1. The van der Waals surface area contributed by atoms with Gasteiger partial charge >= 0.3 is 0 Å². The van der Waals surface area contributed by atoms with Gasteiger partial charge < -0.3 is 0 Å². The average Bonchev–Trinajstić information content (AvgIpc) is 2.54. The van der Waals surface area contributed by atoms with E-state index in [1.165, 1.54) is 11.6 Å². The number of halogens is 1. The van der Waals surface area contributed by atoms with Gasteiger partial charge in [-0.2, -0.15) is 0 Å². The van der Waals surface area contributed by atoms with Gasteiger partial charge in [-0.15, -0.1) is 0 Å². The Morgan fingerprint density at radius 3 is 2.55 bits per heavy atom. The van der Waals surface area contributed by atoms with Gasteiger partial charge in [0, 0.05) is 17.0 Å². The maximum absolute atomic E-state index is 13.6. The number of benzene rings is 3. The van der Waals surface area contributed by atoms with Crippen molar-refractivity contribution < 1.29 is 9.37 Å². The summed E-state index contributed by atoms with van der Waals surface area (Å²) in [5.41, 5.74) is 3.42. The minimum absolute atomic E-state index is 0.204. The Hall–Kier alpha value is -2.74. The molecule has 1 heterocycles. The van der Waals surface area contributed by atoms with E-state index in [1.807, 2.05) is 24.4 Å². The zero-order valence-corrected chi connectivity index (χ0v) is 12.2. The third-order valence-electron chi connectivity index (χ3n) is 4.08. The van der Waals surface area contributed by atoms with Gasteiger partial charge in [-0.3, -0.25) is 0 Å². The van der Waals surface area contributed by atoms with Crippen molar-refractivity contribution in [2.45, 2.75) is 6.92 Å². The van der Waals surface area contributed by atoms with Gasteiger partial charge in [0.25, 0.3) is 0 Å². The molecule has 1 N–H and O–H groups in total. The summed E-state index contributed by atoms with van der Waals surface area (Å²) in [6, 6.07) is 19.5. The van der Waals surface area contributed by atoms with Crippen LogP contribution in [0.4, 0.5) is 4.39 Å². The average molecular weight is 288 g/mol. The summed E-state index contributed by atoms with van der Waals surface area (Å²) in [6.07, 6.45) is 1.92. The van der Waals surface area contributed by atoms with Crippen LogP contribution in [0.3, 0.4) is 0 Å². The molecule has 0 amide bonds. The second-order valence-corrected chi connectivity index (χ2v) is 5.61. The molecule has 0 fully saturated rings. The second-order valence-electron chi connectivity index (χ2n) is 5.61. The summed E-state index contributed by atoms with van der Waals surface area (Å²) < 4.78 is 13.6. The van der Waals surface area contributed by atoms with Crippen LogP contribution in [0.2, 0.25) is 0 Å². The number of rotatable bonds is 1. The molecule has 0 aliphatic carbocycles. The fourth-order valence-electron chi connectivity index (χ4n) is 3.04. The number of hydrogen-bond acceptors (Lipinski definition) is 0. The maximum atomic E-state index is 13.6. The third-order valence-corrected chi connectivity index (χ3v) is 4.08. The second kappa shape index (κ2) is 4.92. The van der Waals surface area contributed by atoms with Crippen LogP contribution in [0.15, 0.2) is 66.9 Å². The molecule has 2 heteroatoms. The third kappa shape index (κ3) is 2.04. The Morgan fingerprint density at radius 1 is 0.818 bits per heavy atom. The molecule has 1 nitrogen and oxygen atoms in total. The highest BCUT2D eigenvalue weighted by Gasteiger charge is 2.13. The van der Waals surface area contributed by atoms with Gasteiger partial charge in [0.05, 0.1) is 5.39 Å². The van der Waals surface area contributed by atoms with Gasteiger partial charge in [0.15, 0.2) is 6.20 Å². The van der Waals surface area contributed by atoms with Crippen molar-refractivity contribution in [1.82, 2.24) is 0 Å². The maximum Gasteiger partial charge on any atom is 0.218 e. The fourth-order valence-corrected chi connectivity index (χ4v) is 3.04. The molecule has 1 aromatic heterocycles. The number of nitrogens with one attached hydrogen (secondary N) is 1. The summed E-state index contributed by atoms with van der Waals surface area (Å²) in [5, 5.41) is 4.16. The van der Waals surface area contributed by atoms with Crippen LogP contribution in [0.5, 0.6) is 0 Å². The Labute approximate surface area is 128 Å². The lowest BCUT2D eigenvalue weighted by Crippen LogP contribution is -2.06.